The Labute approximate surface area is 208 Å². The molecular weight excluding hydrogens is 491 g/mol. The fourth-order valence-corrected chi connectivity index (χ4v) is 4.07. The third-order valence-electron chi connectivity index (χ3n) is 5.95. The first-order valence-corrected chi connectivity index (χ1v) is 11.5. The van der Waals surface area contributed by atoms with Crippen molar-refractivity contribution in [3.05, 3.63) is 76.8 Å². The number of pyridine rings is 2. The van der Waals surface area contributed by atoms with Gasteiger partial charge >= 0.3 is 6.36 Å². The van der Waals surface area contributed by atoms with Gasteiger partial charge < -0.3 is 23.8 Å². The van der Waals surface area contributed by atoms with Gasteiger partial charge in [-0.15, -0.1) is 13.2 Å². The molecule has 0 spiro atoms. The van der Waals surface area contributed by atoms with Crippen LogP contribution in [0.2, 0.25) is 0 Å². The second-order valence-electron chi connectivity index (χ2n) is 8.62. The molecule has 1 N–H and O–H groups in total. The Balaban J connectivity index is 1.33. The van der Waals surface area contributed by atoms with Crippen LogP contribution in [0.4, 0.5) is 19.0 Å². The molecule has 0 unspecified atom stereocenters. The molecule has 3 aromatic heterocycles. The number of rotatable bonds is 6. The Kier molecular flexibility index (Phi) is 6.66. The van der Waals surface area contributed by atoms with Gasteiger partial charge in [0.1, 0.15) is 11.6 Å². The summed E-state index contributed by atoms with van der Waals surface area (Å²) >= 11 is 0. The van der Waals surface area contributed by atoms with Crippen LogP contribution in [-0.2, 0) is 6.54 Å². The van der Waals surface area contributed by atoms with Crippen LogP contribution in [-0.4, -0.2) is 50.4 Å². The highest BCUT2D eigenvalue weighted by molar-refractivity contribution is 5.60. The van der Waals surface area contributed by atoms with Crippen molar-refractivity contribution in [2.75, 3.05) is 18.0 Å². The smallest absolute Gasteiger partial charge is 0.406 e. The van der Waals surface area contributed by atoms with E-state index in [0.717, 1.165) is 23.5 Å². The normalized spacial score (nSPS) is 14.6. The van der Waals surface area contributed by atoms with Crippen LogP contribution < -0.4 is 15.2 Å². The number of hydrogen-bond acceptors (Lipinski definition) is 8. The van der Waals surface area contributed by atoms with Crippen molar-refractivity contribution in [3.8, 4) is 28.6 Å². The Morgan fingerprint density at radius 3 is 2.51 bits per heavy atom. The molecule has 12 heteroatoms. The molecule has 1 fully saturated rings. The van der Waals surface area contributed by atoms with Gasteiger partial charge in [0.2, 0.25) is 5.82 Å². The van der Waals surface area contributed by atoms with Crippen LogP contribution in [0.1, 0.15) is 18.4 Å². The summed E-state index contributed by atoms with van der Waals surface area (Å²) in [6.07, 6.45) is -0.389. The van der Waals surface area contributed by atoms with E-state index in [4.69, 9.17) is 4.52 Å². The molecule has 1 aromatic carbocycles. The largest absolute Gasteiger partial charge is 0.573 e. The molecule has 0 atom stereocenters. The number of benzene rings is 1. The molecule has 0 radical (unpaired) electrons. The van der Waals surface area contributed by atoms with E-state index < -0.39 is 6.36 Å². The lowest BCUT2D eigenvalue weighted by Crippen LogP contribution is -2.36. The summed E-state index contributed by atoms with van der Waals surface area (Å²) in [5, 5.41) is 13.6. The zero-order valence-corrected chi connectivity index (χ0v) is 19.4. The minimum Gasteiger partial charge on any atom is -0.406 e. The van der Waals surface area contributed by atoms with Crippen molar-refractivity contribution < 1.29 is 27.5 Å². The maximum absolute atomic E-state index is 12.5. The summed E-state index contributed by atoms with van der Waals surface area (Å²) in [6, 6.07) is 11.8. The van der Waals surface area contributed by atoms with Gasteiger partial charge in [-0.1, -0.05) is 5.16 Å². The van der Waals surface area contributed by atoms with Gasteiger partial charge in [-0.2, -0.15) is 4.98 Å². The molecule has 37 heavy (non-hydrogen) atoms. The summed E-state index contributed by atoms with van der Waals surface area (Å²) in [6.45, 7) is 1.72. The third kappa shape index (κ3) is 5.97. The van der Waals surface area contributed by atoms with Gasteiger partial charge in [-0.3, -0.25) is 4.79 Å². The number of aromatic nitrogens is 4. The highest BCUT2D eigenvalue weighted by Gasteiger charge is 2.31. The number of anilines is 1. The van der Waals surface area contributed by atoms with E-state index in [1.54, 1.807) is 18.5 Å². The predicted molar refractivity (Wildman–Crippen MR) is 127 cm³/mol. The second-order valence-corrected chi connectivity index (χ2v) is 8.62. The lowest BCUT2D eigenvalue weighted by molar-refractivity contribution is -0.274. The van der Waals surface area contributed by atoms with Crippen LogP contribution in [0.5, 0.6) is 5.75 Å². The summed E-state index contributed by atoms with van der Waals surface area (Å²) in [7, 11) is 0. The molecule has 0 aliphatic carbocycles. The monoisotopic (exact) mass is 513 g/mol. The fourth-order valence-electron chi connectivity index (χ4n) is 4.07. The minimum atomic E-state index is -4.78. The van der Waals surface area contributed by atoms with Gasteiger partial charge in [0, 0.05) is 37.1 Å². The zero-order valence-electron chi connectivity index (χ0n) is 19.4. The molecule has 0 amide bonds. The average Bonchev–Trinajstić information content (AvgIpc) is 3.36. The van der Waals surface area contributed by atoms with Gasteiger partial charge in [0.05, 0.1) is 18.2 Å². The van der Waals surface area contributed by atoms with Gasteiger partial charge in [-0.05, 0) is 60.9 Å². The molecule has 5 rings (SSSR count). The third-order valence-corrected chi connectivity index (χ3v) is 5.95. The molecule has 1 saturated heterocycles. The SMILES string of the molecule is O=c1ccc(-c2nc(-c3ccc(OC(F)(F)F)cc3)no2)cn1Cc1ccnc(N2CCC(O)CC2)c1. The second kappa shape index (κ2) is 10.1. The van der Waals surface area contributed by atoms with Crippen LogP contribution in [0, 0.1) is 0 Å². The number of halogens is 3. The van der Waals surface area contributed by atoms with Crippen LogP contribution >= 0.6 is 0 Å². The van der Waals surface area contributed by atoms with E-state index >= 15 is 0 Å². The Morgan fingerprint density at radius 1 is 1.05 bits per heavy atom. The van der Waals surface area contributed by atoms with E-state index in [1.807, 2.05) is 12.1 Å². The maximum atomic E-state index is 12.5. The average molecular weight is 513 g/mol. The zero-order chi connectivity index (χ0) is 26.0. The first kappa shape index (κ1) is 24.5. The van der Waals surface area contributed by atoms with E-state index in [-0.39, 0.29) is 29.1 Å². The number of nitrogens with zero attached hydrogens (tertiary/aromatic N) is 5. The number of piperidine rings is 1. The topological polar surface area (TPSA) is 107 Å². The van der Waals surface area contributed by atoms with Crippen molar-refractivity contribution in [2.24, 2.45) is 0 Å². The van der Waals surface area contributed by atoms with E-state index in [9.17, 15) is 23.1 Å². The van der Waals surface area contributed by atoms with E-state index in [0.29, 0.717) is 43.6 Å². The first-order chi connectivity index (χ1) is 17.7. The molecule has 192 valence electrons. The molecular formula is C25H22F3N5O4. The summed E-state index contributed by atoms with van der Waals surface area (Å²) in [5.41, 5.74) is 1.60. The van der Waals surface area contributed by atoms with Crippen LogP contribution in [0.3, 0.4) is 0 Å². The summed E-state index contributed by atoms with van der Waals surface area (Å²) in [5.74, 6) is 0.768. The maximum Gasteiger partial charge on any atom is 0.573 e. The lowest BCUT2D eigenvalue weighted by atomic mass is 10.1. The highest BCUT2D eigenvalue weighted by Crippen LogP contribution is 2.27. The lowest BCUT2D eigenvalue weighted by Gasteiger charge is -2.30. The van der Waals surface area contributed by atoms with Crippen molar-refractivity contribution in [2.45, 2.75) is 31.9 Å². The van der Waals surface area contributed by atoms with E-state index in [1.165, 1.54) is 22.8 Å². The quantitative estimate of drug-likeness (QED) is 0.414. The number of alkyl halides is 3. The standard InChI is InChI=1S/C25H22F3N5O4/c26-25(27,28)36-20-4-1-17(2-5-20)23-30-24(37-31-23)18-3-6-22(35)33(15-18)14-16-7-10-29-21(13-16)32-11-8-19(34)9-12-32/h1-7,10,13,15,19,34H,8-9,11-12,14H2. The molecule has 1 aliphatic rings. The highest BCUT2D eigenvalue weighted by atomic mass is 19.4. The minimum absolute atomic E-state index is 0.154. The first-order valence-electron chi connectivity index (χ1n) is 11.5. The Morgan fingerprint density at radius 2 is 1.78 bits per heavy atom. The van der Waals surface area contributed by atoms with Gasteiger partial charge in [0.15, 0.2) is 0 Å². The van der Waals surface area contributed by atoms with Crippen molar-refractivity contribution in [3.63, 3.8) is 0 Å². The number of ether oxygens (including phenoxy) is 1. The molecule has 0 bridgehead atoms. The van der Waals surface area contributed by atoms with Gasteiger partial charge in [0.25, 0.3) is 11.4 Å². The molecule has 4 aromatic rings. The van der Waals surface area contributed by atoms with Gasteiger partial charge in [-0.25, -0.2) is 4.98 Å². The van der Waals surface area contributed by atoms with Crippen LogP contribution in [0.15, 0.2) is 70.2 Å². The molecule has 9 nitrogen and oxygen atoms in total. The van der Waals surface area contributed by atoms with Crippen LogP contribution in [0.25, 0.3) is 22.8 Å². The Bertz CT molecular complexity index is 1430. The predicted octanol–water partition coefficient (Wildman–Crippen LogP) is 3.87. The number of hydrogen-bond donors (Lipinski definition) is 1. The molecule has 0 saturated carbocycles. The summed E-state index contributed by atoms with van der Waals surface area (Å²) in [4.78, 5) is 23.4. The van der Waals surface area contributed by atoms with Crippen molar-refractivity contribution in [1.82, 2.24) is 19.7 Å². The van der Waals surface area contributed by atoms with Crippen molar-refractivity contribution >= 4 is 5.82 Å². The number of aliphatic hydroxyl groups excluding tert-OH is 1. The number of aliphatic hydroxyl groups is 1. The Hall–Kier alpha value is -4.19. The molecule has 1 aliphatic heterocycles. The molecule has 4 heterocycles. The van der Waals surface area contributed by atoms with Crippen molar-refractivity contribution in [1.29, 1.82) is 0 Å². The fraction of sp³-hybridized carbons (Fsp3) is 0.280. The summed E-state index contributed by atoms with van der Waals surface area (Å²) < 4.78 is 47.8. The van der Waals surface area contributed by atoms with E-state index in [2.05, 4.69) is 24.8 Å².